The zero-order valence-electron chi connectivity index (χ0n) is 10.7. The van der Waals surface area contributed by atoms with Gasteiger partial charge in [0.2, 0.25) is 0 Å². The van der Waals surface area contributed by atoms with Crippen LogP contribution in [0.4, 0.5) is 0 Å². The van der Waals surface area contributed by atoms with Crippen molar-refractivity contribution in [2.24, 2.45) is 0 Å². The first kappa shape index (κ1) is 13.2. The number of para-hydroxylation sites is 1. The Bertz CT molecular complexity index is 522. The number of hydrogen-bond donors (Lipinski definition) is 0. The van der Waals surface area contributed by atoms with Crippen LogP contribution in [0.3, 0.4) is 0 Å². The van der Waals surface area contributed by atoms with Crippen LogP contribution in [-0.2, 0) is 5.33 Å². The molecule has 1 atom stereocenters. The van der Waals surface area contributed by atoms with Gasteiger partial charge in [0.15, 0.2) is 0 Å². The third-order valence-corrected chi connectivity index (χ3v) is 3.54. The van der Waals surface area contributed by atoms with Crippen molar-refractivity contribution in [3.63, 3.8) is 0 Å². The lowest BCUT2D eigenvalue weighted by molar-refractivity contribution is 0.225. The average Bonchev–Trinajstić information content (AvgIpc) is 2.39. The molecule has 0 spiro atoms. The molecule has 0 aliphatic rings. The molecule has 0 amide bonds. The van der Waals surface area contributed by atoms with Crippen molar-refractivity contribution in [2.75, 3.05) is 0 Å². The number of hydrogen-bond acceptors (Lipinski definition) is 1. The molecule has 0 fully saturated rings. The SMILES string of the molecule is Cc1cccc(C(C)Oc2ccccc2CBr)c1. The molecule has 0 aliphatic carbocycles. The van der Waals surface area contributed by atoms with Gasteiger partial charge in [-0.2, -0.15) is 0 Å². The molecule has 1 nitrogen and oxygen atoms in total. The van der Waals surface area contributed by atoms with Crippen LogP contribution in [0.2, 0.25) is 0 Å². The lowest BCUT2D eigenvalue weighted by Crippen LogP contribution is -2.04. The van der Waals surface area contributed by atoms with E-state index in [4.69, 9.17) is 4.74 Å². The lowest BCUT2D eigenvalue weighted by Gasteiger charge is -2.17. The van der Waals surface area contributed by atoms with Crippen LogP contribution in [0.15, 0.2) is 48.5 Å². The van der Waals surface area contributed by atoms with Crippen LogP contribution in [0.25, 0.3) is 0 Å². The van der Waals surface area contributed by atoms with Crippen LogP contribution in [0.1, 0.15) is 29.7 Å². The van der Waals surface area contributed by atoms with Gasteiger partial charge in [0.05, 0.1) is 0 Å². The number of aryl methyl sites for hydroxylation is 1. The molecule has 0 saturated heterocycles. The van der Waals surface area contributed by atoms with E-state index in [1.165, 1.54) is 16.7 Å². The van der Waals surface area contributed by atoms with Gasteiger partial charge in [-0.25, -0.2) is 0 Å². The number of halogens is 1. The standard InChI is InChI=1S/C16H17BrO/c1-12-6-5-8-14(10-12)13(2)18-16-9-4-3-7-15(16)11-17/h3-10,13H,11H2,1-2H3. The second kappa shape index (κ2) is 6.05. The molecule has 0 heterocycles. The minimum Gasteiger partial charge on any atom is -0.486 e. The quantitative estimate of drug-likeness (QED) is 0.720. The van der Waals surface area contributed by atoms with E-state index in [2.05, 4.69) is 60.1 Å². The van der Waals surface area contributed by atoms with Crippen LogP contribution in [0, 0.1) is 6.92 Å². The van der Waals surface area contributed by atoms with Crippen molar-refractivity contribution < 1.29 is 4.74 Å². The summed E-state index contributed by atoms with van der Waals surface area (Å²) in [6.45, 7) is 4.18. The molecule has 0 aliphatic heterocycles. The van der Waals surface area contributed by atoms with E-state index in [1.807, 2.05) is 18.2 Å². The third kappa shape index (κ3) is 3.14. The Labute approximate surface area is 117 Å². The first-order valence-corrected chi connectivity index (χ1v) is 7.20. The van der Waals surface area contributed by atoms with Gasteiger partial charge in [-0.15, -0.1) is 0 Å². The van der Waals surface area contributed by atoms with E-state index in [0.717, 1.165) is 11.1 Å². The molecule has 2 heteroatoms. The predicted molar refractivity (Wildman–Crippen MR) is 79.3 cm³/mol. The van der Waals surface area contributed by atoms with Gasteiger partial charge < -0.3 is 4.74 Å². The van der Waals surface area contributed by atoms with Crippen molar-refractivity contribution in [2.45, 2.75) is 25.3 Å². The van der Waals surface area contributed by atoms with Crippen molar-refractivity contribution >= 4 is 15.9 Å². The van der Waals surface area contributed by atoms with Crippen LogP contribution in [-0.4, -0.2) is 0 Å². The summed E-state index contributed by atoms with van der Waals surface area (Å²) in [5, 5.41) is 0.809. The number of ether oxygens (including phenoxy) is 1. The molecule has 2 rings (SSSR count). The second-order valence-corrected chi connectivity index (χ2v) is 4.98. The fraction of sp³-hybridized carbons (Fsp3) is 0.250. The van der Waals surface area contributed by atoms with Crippen molar-refractivity contribution in [1.82, 2.24) is 0 Å². The van der Waals surface area contributed by atoms with Crippen molar-refractivity contribution in [3.05, 3.63) is 65.2 Å². The van der Waals surface area contributed by atoms with Gasteiger partial charge in [0, 0.05) is 10.9 Å². The summed E-state index contributed by atoms with van der Waals surface area (Å²) in [6, 6.07) is 16.6. The second-order valence-electron chi connectivity index (χ2n) is 4.42. The lowest BCUT2D eigenvalue weighted by atomic mass is 10.1. The Morgan fingerprint density at radius 1 is 1.11 bits per heavy atom. The Morgan fingerprint density at radius 3 is 2.61 bits per heavy atom. The number of alkyl halides is 1. The zero-order chi connectivity index (χ0) is 13.0. The number of benzene rings is 2. The molecule has 0 radical (unpaired) electrons. The summed E-state index contributed by atoms with van der Waals surface area (Å²) in [5.41, 5.74) is 3.65. The highest BCUT2D eigenvalue weighted by Gasteiger charge is 2.09. The molecule has 2 aromatic carbocycles. The first-order chi connectivity index (χ1) is 8.70. The topological polar surface area (TPSA) is 9.23 Å². The minimum absolute atomic E-state index is 0.0603. The smallest absolute Gasteiger partial charge is 0.124 e. The van der Waals surface area contributed by atoms with Gasteiger partial charge in [0.25, 0.3) is 0 Å². The van der Waals surface area contributed by atoms with Crippen LogP contribution >= 0.6 is 15.9 Å². The fourth-order valence-electron chi connectivity index (χ4n) is 1.91. The van der Waals surface area contributed by atoms with E-state index in [9.17, 15) is 0 Å². The van der Waals surface area contributed by atoms with E-state index in [0.29, 0.717) is 0 Å². The molecule has 0 aromatic heterocycles. The molecular formula is C16H17BrO. The van der Waals surface area contributed by atoms with Crippen LogP contribution < -0.4 is 4.74 Å². The Hall–Kier alpha value is -1.28. The van der Waals surface area contributed by atoms with Gasteiger partial charge in [-0.05, 0) is 25.5 Å². The summed E-state index contributed by atoms with van der Waals surface area (Å²) in [5.74, 6) is 0.948. The van der Waals surface area contributed by atoms with Gasteiger partial charge >= 0.3 is 0 Å². The van der Waals surface area contributed by atoms with E-state index >= 15 is 0 Å². The van der Waals surface area contributed by atoms with Gasteiger partial charge in [-0.3, -0.25) is 0 Å². The molecule has 0 N–H and O–H groups in total. The summed E-state index contributed by atoms with van der Waals surface area (Å²) < 4.78 is 6.05. The maximum Gasteiger partial charge on any atom is 0.124 e. The highest BCUT2D eigenvalue weighted by atomic mass is 79.9. The Balaban J connectivity index is 2.18. The molecule has 0 saturated carbocycles. The normalized spacial score (nSPS) is 12.2. The molecule has 94 valence electrons. The molecule has 2 aromatic rings. The van der Waals surface area contributed by atoms with Crippen molar-refractivity contribution in [1.29, 1.82) is 0 Å². The highest BCUT2D eigenvalue weighted by molar-refractivity contribution is 9.08. The van der Waals surface area contributed by atoms with E-state index in [-0.39, 0.29) is 6.10 Å². The van der Waals surface area contributed by atoms with E-state index in [1.54, 1.807) is 0 Å². The minimum atomic E-state index is 0.0603. The van der Waals surface area contributed by atoms with Crippen molar-refractivity contribution in [3.8, 4) is 5.75 Å². The van der Waals surface area contributed by atoms with Gasteiger partial charge in [0.1, 0.15) is 11.9 Å². The highest BCUT2D eigenvalue weighted by Crippen LogP contribution is 2.26. The first-order valence-electron chi connectivity index (χ1n) is 6.08. The van der Waals surface area contributed by atoms with Crippen LogP contribution in [0.5, 0.6) is 5.75 Å². The fourth-order valence-corrected chi connectivity index (χ4v) is 2.37. The summed E-state index contributed by atoms with van der Waals surface area (Å²) in [6.07, 6.45) is 0.0603. The summed E-state index contributed by atoms with van der Waals surface area (Å²) in [7, 11) is 0. The number of rotatable bonds is 4. The zero-order valence-corrected chi connectivity index (χ0v) is 12.3. The molecule has 18 heavy (non-hydrogen) atoms. The molecular weight excluding hydrogens is 288 g/mol. The maximum absolute atomic E-state index is 6.05. The Morgan fingerprint density at radius 2 is 1.89 bits per heavy atom. The summed E-state index contributed by atoms with van der Waals surface area (Å²) in [4.78, 5) is 0. The van der Waals surface area contributed by atoms with E-state index < -0.39 is 0 Å². The Kier molecular flexibility index (Phi) is 4.43. The predicted octanol–water partition coefficient (Wildman–Crippen LogP) is 5.03. The monoisotopic (exact) mass is 304 g/mol. The maximum atomic E-state index is 6.05. The largest absolute Gasteiger partial charge is 0.486 e. The average molecular weight is 305 g/mol. The summed E-state index contributed by atoms with van der Waals surface area (Å²) >= 11 is 3.49. The third-order valence-electron chi connectivity index (χ3n) is 2.93. The molecule has 0 bridgehead atoms. The molecule has 1 unspecified atom stereocenters. The van der Waals surface area contributed by atoms with Gasteiger partial charge in [-0.1, -0.05) is 64.0 Å².